The van der Waals surface area contributed by atoms with Gasteiger partial charge in [0.05, 0.1) is 0 Å². The molecule has 0 spiro atoms. The lowest BCUT2D eigenvalue weighted by Gasteiger charge is -2.11. The van der Waals surface area contributed by atoms with Crippen LogP contribution in [0.4, 0.5) is 4.39 Å². The van der Waals surface area contributed by atoms with Gasteiger partial charge in [0, 0.05) is 11.6 Å². The van der Waals surface area contributed by atoms with E-state index in [0.29, 0.717) is 0 Å². The maximum atomic E-state index is 13.7. The van der Waals surface area contributed by atoms with Gasteiger partial charge in [0.25, 0.3) is 0 Å². The van der Waals surface area contributed by atoms with Crippen molar-refractivity contribution >= 4 is 16.0 Å². The predicted molar refractivity (Wildman–Crippen MR) is 66.9 cm³/mol. The Balaban J connectivity index is 2.45. The predicted octanol–water partition coefficient (Wildman–Crippen LogP) is 1.11. The van der Waals surface area contributed by atoms with Gasteiger partial charge in [-0.3, -0.25) is 9.71 Å². The number of hydrogen-bond donors (Lipinski definition) is 2. The molecule has 2 N–H and O–H groups in total. The summed E-state index contributed by atoms with van der Waals surface area (Å²) < 4.78 is 41.3. The van der Waals surface area contributed by atoms with Crippen molar-refractivity contribution in [3.8, 4) is 0 Å². The van der Waals surface area contributed by atoms with Crippen LogP contribution < -0.4 is 9.44 Å². The molecular weight excluding hydrogens is 257 g/mol. The van der Waals surface area contributed by atoms with Crippen LogP contribution in [0.15, 0.2) is 29.3 Å². The first-order chi connectivity index (χ1) is 8.39. The Morgan fingerprint density at radius 1 is 1.33 bits per heavy atom. The van der Waals surface area contributed by atoms with Crippen LogP contribution in [-0.4, -0.2) is 20.3 Å². The molecule has 1 saturated heterocycles. The largest absolute Gasteiger partial charge is 0.301 e. The molecule has 1 heterocycles. The first-order valence-electron chi connectivity index (χ1n) is 5.51. The fraction of sp³-hybridized carbons (Fsp3) is 0.364. The van der Waals surface area contributed by atoms with Crippen LogP contribution in [0.3, 0.4) is 0 Å². The van der Waals surface area contributed by atoms with E-state index < -0.39 is 22.1 Å². The molecule has 1 fully saturated rings. The van der Waals surface area contributed by atoms with E-state index in [1.165, 1.54) is 12.1 Å². The van der Waals surface area contributed by atoms with Crippen LogP contribution in [0.2, 0.25) is 0 Å². The van der Waals surface area contributed by atoms with E-state index in [2.05, 4.69) is 14.4 Å². The summed E-state index contributed by atoms with van der Waals surface area (Å²) in [7, 11) is -3.65. The second-order valence-corrected chi connectivity index (χ2v) is 5.73. The van der Waals surface area contributed by atoms with Crippen molar-refractivity contribution in [1.82, 2.24) is 9.44 Å². The molecule has 0 bridgehead atoms. The topological polar surface area (TPSA) is 70.6 Å². The molecule has 98 valence electrons. The van der Waals surface area contributed by atoms with Crippen molar-refractivity contribution in [3.63, 3.8) is 0 Å². The Morgan fingerprint density at radius 2 is 2.00 bits per heavy atom. The quantitative estimate of drug-likeness (QED) is 0.846. The van der Waals surface area contributed by atoms with Gasteiger partial charge in [-0.25, -0.2) is 4.39 Å². The highest BCUT2D eigenvalue weighted by molar-refractivity contribution is 7.88. The van der Waals surface area contributed by atoms with Crippen molar-refractivity contribution in [1.29, 1.82) is 0 Å². The summed E-state index contributed by atoms with van der Waals surface area (Å²) in [4.78, 5) is 4.17. The standard InChI is InChI=1S/C11H14FN3O2S/c1-7(2)13-11-10(14-18(16,17)15-11)8-5-3-4-6-9(8)12/h3-7,10,14H,1-2H3,(H,13,15). The van der Waals surface area contributed by atoms with E-state index >= 15 is 0 Å². The highest BCUT2D eigenvalue weighted by Crippen LogP contribution is 2.22. The fourth-order valence-corrected chi connectivity index (χ4v) is 2.79. The monoisotopic (exact) mass is 271 g/mol. The zero-order valence-electron chi connectivity index (χ0n) is 10.0. The van der Waals surface area contributed by atoms with Gasteiger partial charge >= 0.3 is 10.2 Å². The summed E-state index contributed by atoms with van der Waals surface area (Å²) in [6.45, 7) is 3.63. The molecule has 5 nitrogen and oxygen atoms in total. The molecule has 18 heavy (non-hydrogen) atoms. The minimum absolute atomic E-state index is 0.0862. The van der Waals surface area contributed by atoms with Gasteiger partial charge in [-0.2, -0.15) is 13.1 Å². The molecule has 1 aliphatic heterocycles. The maximum Gasteiger partial charge on any atom is 0.301 e. The molecule has 1 unspecified atom stereocenters. The third-order valence-corrected chi connectivity index (χ3v) is 3.42. The zero-order valence-corrected chi connectivity index (χ0v) is 10.8. The number of aliphatic imine (C=N–C) groups is 1. The Bertz CT molecular complexity index is 584. The molecule has 1 aliphatic rings. The summed E-state index contributed by atoms with van der Waals surface area (Å²) in [6, 6.07) is 5.14. The summed E-state index contributed by atoms with van der Waals surface area (Å²) in [6.07, 6.45) is 0. The number of benzene rings is 1. The van der Waals surface area contributed by atoms with Gasteiger partial charge < -0.3 is 0 Å². The van der Waals surface area contributed by atoms with Crippen LogP contribution in [0, 0.1) is 5.82 Å². The van der Waals surface area contributed by atoms with Gasteiger partial charge in [0.2, 0.25) is 0 Å². The third-order valence-electron chi connectivity index (χ3n) is 2.40. The minimum atomic E-state index is -3.65. The number of nitrogens with one attached hydrogen (secondary N) is 2. The molecule has 0 aliphatic carbocycles. The van der Waals surface area contributed by atoms with E-state index in [1.807, 2.05) is 13.8 Å². The van der Waals surface area contributed by atoms with Crippen molar-refractivity contribution in [3.05, 3.63) is 35.6 Å². The molecule has 1 aromatic carbocycles. The Hall–Kier alpha value is -1.47. The summed E-state index contributed by atoms with van der Waals surface area (Å²) in [5, 5.41) is 0. The minimum Gasteiger partial charge on any atom is -0.267 e. The highest BCUT2D eigenvalue weighted by Gasteiger charge is 2.35. The van der Waals surface area contributed by atoms with Crippen molar-refractivity contribution < 1.29 is 12.8 Å². The Morgan fingerprint density at radius 3 is 2.61 bits per heavy atom. The van der Waals surface area contributed by atoms with Crippen LogP contribution in [0.1, 0.15) is 25.5 Å². The lowest BCUT2D eigenvalue weighted by molar-refractivity contribution is 0.576. The average molecular weight is 271 g/mol. The van der Waals surface area contributed by atoms with Crippen LogP contribution in [0.25, 0.3) is 0 Å². The average Bonchev–Trinajstić information content (AvgIpc) is 2.53. The second-order valence-electron chi connectivity index (χ2n) is 4.29. The molecule has 1 aromatic rings. The maximum absolute atomic E-state index is 13.7. The first kappa shape index (κ1) is 13.0. The number of hydrogen-bond acceptors (Lipinski definition) is 3. The van der Waals surface area contributed by atoms with E-state index in [0.717, 1.165) is 0 Å². The summed E-state index contributed by atoms with van der Waals surface area (Å²) in [5.41, 5.74) is 0.255. The number of halogens is 1. The van der Waals surface area contributed by atoms with E-state index in [-0.39, 0.29) is 17.4 Å². The normalized spacial score (nSPS) is 24.4. The van der Waals surface area contributed by atoms with E-state index in [9.17, 15) is 12.8 Å². The summed E-state index contributed by atoms with van der Waals surface area (Å²) >= 11 is 0. The highest BCUT2D eigenvalue weighted by atomic mass is 32.2. The second kappa shape index (κ2) is 4.66. The van der Waals surface area contributed by atoms with Gasteiger partial charge in [-0.05, 0) is 19.9 Å². The van der Waals surface area contributed by atoms with Gasteiger partial charge in [0.15, 0.2) is 0 Å². The van der Waals surface area contributed by atoms with Crippen LogP contribution in [0.5, 0.6) is 0 Å². The third kappa shape index (κ3) is 2.68. The fourth-order valence-electron chi connectivity index (χ4n) is 1.74. The zero-order chi connectivity index (χ0) is 13.3. The van der Waals surface area contributed by atoms with E-state index in [1.54, 1.807) is 12.1 Å². The molecular formula is C11H14FN3O2S. The first-order valence-corrected chi connectivity index (χ1v) is 6.99. The van der Waals surface area contributed by atoms with Gasteiger partial charge in [-0.15, -0.1) is 0 Å². The van der Waals surface area contributed by atoms with Crippen LogP contribution >= 0.6 is 0 Å². The number of amidine groups is 1. The SMILES string of the molecule is CC(C)N=C1NS(=O)(=O)NC1c1ccccc1F. The molecule has 1 atom stereocenters. The Kier molecular flexibility index (Phi) is 3.36. The number of nitrogens with zero attached hydrogens (tertiary/aromatic N) is 1. The summed E-state index contributed by atoms with van der Waals surface area (Å²) in [5.74, 6) is -0.250. The molecule has 0 amide bonds. The van der Waals surface area contributed by atoms with Crippen molar-refractivity contribution in [2.75, 3.05) is 0 Å². The van der Waals surface area contributed by atoms with E-state index in [4.69, 9.17) is 0 Å². The molecule has 0 aromatic heterocycles. The van der Waals surface area contributed by atoms with Gasteiger partial charge in [-0.1, -0.05) is 18.2 Å². The lowest BCUT2D eigenvalue weighted by atomic mass is 10.1. The smallest absolute Gasteiger partial charge is 0.267 e. The van der Waals surface area contributed by atoms with Crippen molar-refractivity contribution in [2.24, 2.45) is 4.99 Å². The number of rotatable bonds is 2. The lowest BCUT2D eigenvalue weighted by Crippen LogP contribution is -2.25. The Labute approximate surface area is 105 Å². The van der Waals surface area contributed by atoms with Crippen LogP contribution in [-0.2, 0) is 10.2 Å². The van der Waals surface area contributed by atoms with Crippen molar-refractivity contribution in [2.45, 2.75) is 25.9 Å². The molecule has 0 radical (unpaired) electrons. The van der Waals surface area contributed by atoms with Gasteiger partial charge in [0.1, 0.15) is 17.7 Å². The molecule has 0 saturated carbocycles. The molecule has 7 heteroatoms. The molecule has 2 rings (SSSR count).